The van der Waals surface area contributed by atoms with Crippen molar-refractivity contribution in [3.8, 4) is 28.7 Å². The Bertz CT molecular complexity index is 1590. The number of carbonyl (C=O) groups excluding carboxylic acids is 1. The lowest BCUT2D eigenvalue weighted by atomic mass is 10.1. The van der Waals surface area contributed by atoms with Crippen LogP contribution in [0.25, 0.3) is 39.6 Å². The average molecular weight is 507 g/mol. The number of pyridine rings is 1. The number of fused-ring (bicyclic) bond motifs is 1. The van der Waals surface area contributed by atoms with Gasteiger partial charge in [-0.25, -0.2) is 4.68 Å². The minimum atomic E-state index is -4.70. The highest BCUT2D eigenvalue weighted by atomic mass is 19.4. The molecule has 3 N–H and O–H groups in total. The van der Waals surface area contributed by atoms with Crippen molar-refractivity contribution in [2.45, 2.75) is 25.7 Å². The summed E-state index contributed by atoms with van der Waals surface area (Å²) in [5.74, 6) is -0.408. The third kappa shape index (κ3) is 5.05. The number of hydrogen-bond donors (Lipinski definition) is 2. The van der Waals surface area contributed by atoms with Gasteiger partial charge in [-0.2, -0.15) is 18.3 Å². The Labute approximate surface area is 208 Å². The fourth-order valence-electron chi connectivity index (χ4n) is 3.65. The number of rotatable bonds is 6. The first kappa shape index (κ1) is 24.1. The average Bonchev–Trinajstić information content (AvgIpc) is 3.55. The third-order valence-electron chi connectivity index (χ3n) is 5.52. The van der Waals surface area contributed by atoms with Crippen molar-refractivity contribution >= 4 is 16.8 Å². The monoisotopic (exact) mass is 507 g/mol. The van der Waals surface area contributed by atoms with Gasteiger partial charge in [0.2, 0.25) is 11.8 Å². The Balaban J connectivity index is 1.52. The van der Waals surface area contributed by atoms with E-state index in [-0.39, 0.29) is 29.9 Å². The number of para-hydroxylation sites is 1. The van der Waals surface area contributed by atoms with E-state index in [1.807, 2.05) is 24.3 Å². The number of nitrogens with one attached hydrogen (secondary N) is 1. The molecule has 3 heterocycles. The standard InChI is InChI=1S/C25H20F3N7O2/c1-14(29)22(36)31-12-15-5-4-7-18(9-15)35-20(11-21(34-35)25(26,27)28)24-33-32-23(37-24)17-10-16-6-2-3-8-19(16)30-13-17/h2-11,13-14H,12,29H2,1H3,(H,31,36)/t14-/m0/s1. The molecule has 188 valence electrons. The molecule has 0 aliphatic carbocycles. The zero-order chi connectivity index (χ0) is 26.2. The molecule has 5 aromatic rings. The molecule has 3 aromatic heterocycles. The highest BCUT2D eigenvalue weighted by Gasteiger charge is 2.36. The van der Waals surface area contributed by atoms with Crippen LogP contribution < -0.4 is 11.1 Å². The number of alkyl halides is 3. The number of nitrogens with zero attached hydrogens (tertiary/aromatic N) is 5. The van der Waals surface area contributed by atoms with Gasteiger partial charge in [-0.1, -0.05) is 30.3 Å². The number of amides is 1. The third-order valence-corrected chi connectivity index (χ3v) is 5.52. The Morgan fingerprint density at radius 3 is 2.65 bits per heavy atom. The van der Waals surface area contributed by atoms with Crippen LogP contribution in [0.5, 0.6) is 0 Å². The largest absolute Gasteiger partial charge is 0.435 e. The lowest BCUT2D eigenvalue weighted by Gasteiger charge is -2.10. The normalized spacial score (nSPS) is 12.6. The highest BCUT2D eigenvalue weighted by molar-refractivity contribution is 5.82. The molecule has 9 nitrogen and oxygen atoms in total. The van der Waals surface area contributed by atoms with Gasteiger partial charge in [0, 0.05) is 24.2 Å². The minimum Gasteiger partial charge on any atom is -0.415 e. The number of nitrogens with two attached hydrogens (primary N) is 1. The zero-order valence-corrected chi connectivity index (χ0v) is 19.4. The summed E-state index contributed by atoms with van der Waals surface area (Å²) in [5.41, 5.74) is 6.63. The quantitative estimate of drug-likeness (QED) is 0.354. The summed E-state index contributed by atoms with van der Waals surface area (Å²) in [6.45, 7) is 1.68. The molecule has 1 amide bonds. The molecule has 2 aromatic carbocycles. The molecule has 0 radical (unpaired) electrons. The van der Waals surface area contributed by atoms with Crippen LogP contribution >= 0.6 is 0 Å². The van der Waals surface area contributed by atoms with Gasteiger partial charge in [-0.15, -0.1) is 10.2 Å². The number of benzene rings is 2. The van der Waals surface area contributed by atoms with Crippen molar-refractivity contribution in [2.75, 3.05) is 0 Å². The van der Waals surface area contributed by atoms with Crippen molar-refractivity contribution in [3.05, 3.63) is 78.1 Å². The van der Waals surface area contributed by atoms with Gasteiger partial charge < -0.3 is 15.5 Å². The van der Waals surface area contributed by atoms with E-state index in [1.165, 1.54) is 0 Å². The van der Waals surface area contributed by atoms with Crippen molar-refractivity contribution < 1.29 is 22.4 Å². The molecule has 0 bridgehead atoms. The lowest BCUT2D eigenvalue weighted by Crippen LogP contribution is -2.37. The summed E-state index contributed by atoms with van der Waals surface area (Å²) in [6, 6.07) is 15.9. The minimum absolute atomic E-state index is 0.0448. The predicted molar refractivity (Wildman–Crippen MR) is 128 cm³/mol. The van der Waals surface area contributed by atoms with Crippen LogP contribution in [0.2, 0.25) is 0 Å². The van der Waals surface area contributed by atoms with E-state index in [1.54, 1.807) is 43.5 Å². The summed E-state index contributed by atoms with van der Waals surface area (Å²) in [6.07, 6.45) is -3.15. The maximum absolute atomic E-state index is 13.6. The first-order valence-corrected chi connectivity index (χ1v) is 11.2. The summed E-state index contributed by atoms with van der Waals surface area (Å²) >= 11 is 0. The van der Waals surface area contributed by atoms with Crippen LogP contribution in [0.1, 0.15) is 18.2 Å². The Morgan fingerprint density at radius 2 is 1.86 bits per heavy atom. The van der Waals surface area contributed by atoms with Crippen LogP contribution in [0.15, 0.2) is 71.3 Å². The van der Waals surface area contributed by atoms with Crippen LogP contribution in [0, 0.1) is 0 Å². The van der Waals surface area contributed by atoms with E-state index in [2.05, 4.69) is 25.6 Å². The van der Waals surface area contributed by atoms with Gasteiger partial charge in [0.1, 0.15) is 5.69 Å². The number of carbonyl (C=O) groups is 1. The smallest absolute Gasteiger partial charge is 0.415 e. The summed E-state index contributed by atoms with van der Waals surface area (Å²) in [7, 11) is 0. The van der Waals surface area contributed by atoms with Crippen LogP contribution in [0.4, 0.5) is 13.2 Å². The SMILES string of the molecule is C[C@H](N)C(=O)NCc1cccc(-n2nc(C(F)(F)F)cc2-c2nnc(-c3cnc4ccccc4c3)o2)c1. The van der Waals surface area contributed by atoms with Crippen LogP contribution in [-0.4, -0.2) is 36.9 Å². The van der Waals surface area contributed by atoms with Gasteiger partial charge in [-0.05, 0) is 36.8 Å². The number of aromatic nitrogens is 5. The van der Waals surface area contributed by atoms with Crippen LogP contribution in [-0.2, 0) is 17.5 Å². The van der Waals surface area contributed by atoms with E-state index < -0.39 is 17.9 Å². The topological polar surface area (TPSA) is 125 Å². The van der Waals surface area contributed by atoms with Crippen LogP contribution in [0.3, 0.4) is 0 Å². The molecule has 1 atom stereocenters. The molecule has 0 saturated heterocycles. The van der Waals surface area contributed by atoms with Gasteiger partial charge in [0.25, 0.3) is 5.89 Å². The van der Waals surface area contributed by atoms with Gasteiger partial charge in [0.15, 0.2) is 5.69 Å². The predicted octanol–water partition coefficient (Wildman–Crippen LogP) is 4.12. The Kier molecular flexibility index (Phi) is 6.17. The molecule has 12 heteroatoms. The molecule has 37 heavy (non-hydrogen) atoms. The molecule has 0 fully saturated rings. The van der Waals surface area contributed by atoms with Gasteiger partial charge in [0.05, 0.1) is 22.8 Å². The first-order valence-electron chi connectivity index (χ1n) is 11.2. The first-order chi connectivity index (χ1) is 17.7. The fourth-order valence-corrected chi connectivity index (χ4v) is 3.65. The van der Waals surface area contributed by atoms with Gasteiger partial charge >= 0.3 is 6.18 Å². The Hall–Kier alpha value is -4.58. The summed E-state index contributed by atoms with van der Waals surface area (Å²) in [5, 5.41) is 15.3. The molecular weight excluding hydrogens is 487 g/mol. The van der Waals surface area contributed by atoms with Crippen molar-refractivity contribution in [1.29, 1.82) is 0 Å². The summed E-state index contributed by atoms with van der Waals surface area (Å²) < 4.78 is 47.6. The number of hydrogen-bond acceptors (Lipinski definition) is 7. The Morgan fingerprint density at radius 1 is 1.08 bits per heavy atom. The maximum Gasteiger partial charge on any atom is 0.435 e. The van der Waals surface area contributed by atoms with E-state index in [4.69, 9.17) is 10.2 Å². The van der Waals surface area contributed by atoms with E-state index in [0.29, 0.717) is 16.8 Å². The second-order valence-corrected chi connectivity index (χ2v) is 8.33. The van der Waals surface area contributed by atoms with Crippen molar-refractivity contribution in [1.82, 2.24) is 30.3 Å². The highest BCUT2D eigenvalue weighted by Crippen LogP contribution is 2.34. The second kappa shape index (κ2) is 9.47. The summed E-state index contributed by atoms with van der Waals surface area (Å²) in [4.78, 5) is 16.2. The fraction of sp³-hybridized carbons (Fsp3) is 0.160. The molecule has 0 spiro atoms. The molecular formula is C25H20F3N7O2. The van der Waals surface area contributed by atoms with Gasteiger partial charge in [-0.3, -0.25) is 9.78 Å². The molecule has 5 rings (SSSR count). The number of halogens is 3. The molecule has 0 aliphatic rings. The zero-order valence-electron chi connectivity index (χ0n) is 19.4. The van der Waals surface area contributed by atoms with E-state index >= 15 is 0 Å². The maximum atomic E-state index is 13.6. The molecule has 0 aliphatic heterocycles. The molecule has 0 saturated carbocycles. The molecule has 0 unspecified atom stereocenters. The van der Waals surface area contributed by atoms with Crippen molar-refractivity contribution in [2.24, 2.45) is 5.73 Å². The second-order valence-electron chi connectivity index (χ2n) is 8.33. The lowest BCUT2D eigenvalue weighted by molar-refractivity contribution is -0.141. The van der Waals surface area contributed by atoms with E-state index in [9.17, 15) is 18.0 Å². The van der Waals surface area contributed by atoms with Crippen molar-refractivity contribution in [3.63, 3.8) is 0 Å². The van der Waals surface area contributed by atoms with E-state index in [0.717, 1.165) is 21.7 Å².